The van der Waals surface area contributed by atoms with E-state index < -0.39 is 134 Å². The van der Waals surface area contributed by atoms with Crippen LogP contribution >= 0.6 is 0 Å². The van der Waals surface area contributed by atoms with Gasteiger partial charge in [0.2, 0.25) is 5.91 Å². The van der Waals surface area contributed by atoms with Gasteiger partial charge >= 0.3 is 59.8 Å². The topological polar surface area (TPSA) is 509 Å². The highest BCUT2D eigenvalue weighted by Crippen LogP contribution is 2.68. The van der Waals surface area contributed by atoms with Crippen molar-refractivity contribution in [3.8, 4) is 0 Å². The molecule has 1 heterocycles. The Morgan fingerprint density at radius 3 is 1.49 bits per heavy atom. The molecular formula is C68H115N11O25. The molecule has 0 aromatic carbocycles. The second kappa shape index (κ2) is 42.1. The van der Waals surface area contributed by atoms with Crippen molar-refractivity contribution in [1.29, 1.82) is 0 Å². The molecule has 1 saturated heterocycles. The SMILES string of the molecule is CC(CCC(=O)O)C1CCC2C3C(C[C@H](O)[C@]12C)[C@@]1(C)CCC(OC(=O)NC2CC(OCNCCCC[C@@H](C(=O)O)N(CCN(CC(=O)O)CC(=O)O)CCN(CC(=O)O)CC(=O)O)C(OCNCCNC(=O)CN4CCN(CC(=O)O)CCN(CC(=O)O)CCN(CC(=O)O)CC4)C2)C[C@H]1C[C@H]3O. The molecule has 6 rings (SSSR count). The summed E-state index contributed by atoms with van der Waals surface area (Å²) in [6.45, 7) is 4.74. The van der Waals surface area contributed by atoms with Gasteiger partial charge in [0, 0.05) is 104 Å². The molecule has 15 atom stereocenters. The van der Waals surface area contributed by atoms with E-state index in [1.807, 2.05) is 0 Å². The minimum atomic E-state index is -1.32. The van der Waals surface area contributed by atoms with Crippen LogP contribution in [0.3, 0.4) is 0 Å². The normalized spacial score (nSPS) is 28.6. The number of nitrogens with zero attached hydrogens (tertiary/aromatic N) is 7. The van der Waals surface area contributed by atoms with Gasteiger partial charge in [-0.2, -0.15) is 0 Å². The van der Waals surface area contributed by atoms with Gasteiger partial charge in [-0.05, 0) is 130 Å². The summed E-state index contributed by atoms with van der Waals surface area (Å²) in [5.74, 6) is -10.6. The van der Waals surface area contributed by atoms with Crippen molar-refractivity contribution in [2.45, 2.75) is 153 Å². The van der Waals surface area contributed by atoms with E-state index in [2.05, 4.69) is 42.0 Å². The highest BCUT2D eigenvalue weighted by atomic mass is 16.6. The van der Waals surface area contributed by atoms with Gasteiger partial charge in [-0.25, -0.2) is 4.79 Å². The maximum Gasteiger partial charge on any atom is 0.407 e. The highest BCUT2D eigenvalue weighted by Gasteiger charge is 2.66. The molecule has 0 aromatic heterocycles. The monoisotopic (exact) mass is 1490 g/mol. The standard InChI is InChI=1S/C68H115N11O25/c1-43(7-10-56(83)84)47-8-9-48-64-49(32-54(81)68(47,48)3)67(2)12-11-46(28-44(67)29-51(64)80)104-66(101)72-45-30-52(102-41-69-13-5-4-6-50(65(99)100)79(26-24-77(37-60(91)92)38-61(93)94)27-25-78(39-62(95)96)40-63(97)98)53(31-45)103-42-70-14-15-71-55(82)33-73-16-18-74(34-57(85)86)20-22-76(36-59(89)90)23-21-75(19-17-73)35-58(87)88/h43-54,64,69-70,80-81H,4-42H2,1-3H3,(H,71,82)(H,72,101)(H,83,84)(H,85,86)(H,87,88)(H,89,90)(H,91,92)(H,93,94)(H,95,96)(H,97,98)(H,99,100)/t43?,44-,45?,46?,47?,48?,49?,50-,51+,52?,53?,54-,64?,67-,68+/m0/s1. The molecule has 36 heteroatoms. The van der Waals surface area contributed by atoms with E-state index in [4.69, 9.17) is 14.2 Å². The van der Waals surface area contributed by atoms with Crippen molar-refractivity contribution in [3.63, 3.8) is 0 Å². The molecule has 0 bridgehead atoms. The number of hydrogen-bond acceptors (Lipinski definition) is 25. The molecule has 5 saturated carbocycles. The number of hydrogen-bond donors (Lipinski definition) is 15. The van der Waals surface area contributed by atoms with Gasteiger partial charge in [0.1, 0.15) is 12.1 Å². The van der Waals surface area contributed by atoms with Crippen LogP contribution in [0.15, 0.2) is 0 Å². The number of alkyl carbamates (subject to hydrolysis) is 1. The third-order valence-electron chi connectivity index (χ3n) is 22.8. The van der Waals surface area contributed by atoms with Crippen LogP contribution in [0.4, 0.5) is 4.79 Å². The highest BCUT2D eigenvalue weighted by molar-refractivity contribution is 5.78. The molecule has 9 unspecified atom stereocenters. The number of rotatable bonds is 44. The Hall–Kier alpha value is -6.55. The molecular weight excluding hydrogens is 1370 g/mol. The molecule has 0 spiro atoms. The van der Waals surface area contributed by atoms with Gasteiger partial charge in [0.25, 0.3) is 0 Å². The van der Waals surface area contributed by atoms with Crippen LogP contribution in [0.25, 0.3) is 0 Å². The molecule has 0 aromatic rings. The Morgan fingerprint density at radius 1 is 0.529 bits per heavy atom. The molecule has 5 aliphatic carbocycles. The van der Waals surface area contributed by atoms with E-state index >= 15 is 0 Å². The maximum absolute atomic E-state index is 13.9. The zero-order valence-corrected chi connectivity index (χ0v) is 60.3. The molecule has 2 amide bonds. The third kappa shape index (κ3) is 27.3. The summed E-state index contributed by atoms with van der Waals surface area (Å²) < 4.78 is 18.9. The van der Waals surface area contributed by atoms with E-state index in [0.717, 1.165) is 29.1 Å². The van der Waals surface area contributed by atoms with Crippen LogP contribution < -0.4 is 21.3 Å². The number of carboxylic acids is 9. The average Bonchev–Trinajstić information content (AvgIpc) is 1.38. The minimum Gasteiger partial charge on any atom is -0.481 e. The fraction of sp³-hybridized carbons (Fsp3) is 0.838. The zero-order chi connectivity index (χ0) is 76.4. The number of aliphatic hydroxyl groups excluding tert-OH is 2. The largest absolute Gasteiger partial charge is 0.481 e. The van der Waals surface area contributed by atoms with Crippen LogP contribution in [0.2, 0.25) is 0 Å². The maximum atomic E-state index is 13.9. The first-order valence-electron chi connectivity index (χ1n) is 36.5. The van der Waals surface area contributed by atoms with Gasteiger partial charge in [-0.1, -0.05) is 27.2 Å². The van der Waals surface area contributed by atoms with E-state index in [1.165, 1.54) is 4.90 Å². The lowest BCUT2D eigenvalue weighted by Crippen LogP contribution is -2.62. The third-order valence-corrected chi connectivity index (χ3v) is 22.8. The smallest absolute Gasteiger partial charge is 0.407 e. The number of carbonyl (C=O) groups is 11. The number of carbonyl (C=O) groups excluding carboxylic acids is 2. The summed E-state index contributed by atoms with van der Waals surface area (Å²) in [5, 5.41) is 123. The fourth-order valence-corrected chi connectivity index (χ4v) is 17.6. The summed E-state index contributed by atoms with van der Waals surface area (Å²) in [4.78, 5) is 144. The first kappa shape index (κ1) is 86.4. The Kier molecular flexibility index (Phi) is 35.0. The molecule has 15 N–H and O–H groups in total. The predicted octanol–water partition coefficient (Wildman–Crippen LogP) is -1.33. The first-order chi connectivity index (χ1) is 49.2. The van der Waals surface area contributed by atoms with Crippen LogP contribution in [0, 0.1) is 46.3 Å². The number of carboxylic acid groups (broad SMARTS) is 9. The van der Waals surface area contributed by atoms with Crippen LogP contribution in [-0.4, -0.2) is 363 Å². The molecule has 0 radical (unpaired) electrons. The molecule has 1 aliphatic heterocycles. The Balaban J connectivity index is 1.05. The van der Waals surface area contributed by atoms with Gasteiger partial charge < -0.3 is 81.0 Å². The van der Waals surface area contributed by atoms with Crippen molar-refractivity contribution in [2.75, 3.05) is 164 Å². The lowest BCUT2D eigenvalue weighted by molar-refractivity contribution is -0.207. The van der Waals surface area contributed by atoms with Crippen LogP contribution in [0.1, 0.15) is 111 Å². The van der Waals surface area contributed by atoms with Gasteiger partial charge in [-0.15, -0.1) is 0 Å². The van der Waals surface area contributed by atoms with Crippen LogP contribution in [-0.2, 0) is 62.2 Å². The van der Waals surface area contributed by atoms with Crippen LogP contribution in [0.5, 0.6) is 0 Å². The van der Waals surface area contributed by atoms with Gasteiger partial charge in [-0.3, -0.25) is 92.9 Å². The van der Waals surface area contributed by atoms with E-state index in [9.17, 15) is 109 Å². The number of nitrogens with one attached hydrogen (secondary N) is 4. The zero-order valence-electron chi connectivity index (χ0n) is 60.3. The number of aliphatic hydroxyl groups is 2. The van der Waals surface area contributed by atoms with Crippen molar-refractivity contribution < 1.29 is 123 Å². The van der Waals surface area contributed by atoms with E-state index in [-0.39, 0.29) is 191 Å². The number of ether oxygens (including phenoxy) is 3. The lowest BCUT2D eigenvalue weighted by Gasteiger charge is -2.63. The van der Waals surface area contributed by atoms with E-state index in [1.54, 1.807) is 19.6 Å². The van der Waals surface area contributed by atoms with Gasteiger partial charge in [0.15, 0.2) is 0 Å². The number of amides is 2. The lowest BCUT2D eigenvalue weighted by atomic mass is 9.43. The van der Waals surface area contributed by atoms with E-state index in [0.29, 0.717) is 64.3 Å². The molecule has 104 heavy (non-hydrogen) atoms. The number of unbranched alkanes of at least 4 members (excludes halogenated alkanes) is 1. The summed E-state index contributed by atoms with van der Waals surface area (Å²) in [7, 11) is 0. The minimum absolute atomic E-state index is 0.00133. The summed E-state index contributed by atoms with van der Waals surface area (Å²) in [6.07, 6.45) is 3.19. The molecule has 592 valence electrons. The Labute approximate surface area is 606 Å². The molecule has 36 nitrogen and oxygen atoms in total. The second-order valence-electron chi connectivity index (χ2n) is 29.8. The first-order valence-corrected chi connectivity index (χ1v) is 36.5. The quantitative estimate of drug-likeness (QED) is 0.0248. The predicted molar refractivity (Wildman–Crippen MR) is 368 cm³/mol. The fourth-order valence-electron chi connectivity index (χ4n) is 17.6. The summed E-state index contributed by atoms with van der Waals surface area (Å²) in [6, 6.07) is -1.69. The average molecular weight is 1490 g/mol. The molecule has 6 fully saturated rings. The van der Waals surface area contributed by atoms with Crippen molar-refractivity contribution in [2.24, 2.45) is 46.3 Å². The number of aliphatic carboxylic acids is 9. The summed E-state index contributed by atoms with van der Waals surface area (Å²) in [5.41, 5.74) is -0.671. The van der Waals surface area contributed by atoms with Crippen molar-refractivity contribution in [1.82, 2.24) is 55.6 Å². The van der Waals surface area contributed by atoms with Crippen molar-refractivity contribution >= 4 is 65.7 Å². The molecule has 6 aliphatic rings. The van der Waals surface area contributed by atoms with Gasteiger partial charge in [0.05, 0.1) is 90.2 Å². The number of fused-ring (bicyclic) bond motifs is 5. The Bertz CT molecular complexity index is 2750. The summed E-state index contributed by atoms with van der Waals surface area (Å²) >= 11 is 0. The van der Waals surface area contributed by atoms with Crippen molar-refractivity contribution in [3.05, 3.63) is 0 Å². The second-order valence-corrected chi connectivity index (χ2v) is 29.8. The Morgan fingerprint density at radius 2 is 1.02 bits per heavy atom.